The molecule has 0 saturated heterocycles. The molecule has 4 rings (SSSR count). The lowest BCUT2D eigenvalue weighted by molar-refractivity contribution is -0.137. The first-order valence-electron chi connectivity index (χ1n) is 10.3. The van der Waals surface area contributed by atoms with E-state index in [1.54, 1.807) is 42.2 Å². The van der Waals surface area contributed by atoms with Crippen LogP contribution in [0.3, 0.4) is 0 Å². The van der Waals surface area contributed by atoms with Crippen molar-refractivity contribution < 1.29 is 18.0 Å². The second-order valence-corrected chi connectivity index (χ2v) is 7.47. The third-order valence-electron chi connectivity index (χ3n) is 5.12. The molecule has 1 aliphatic rings. The molecule has 176 valence electrons. The summed E-state index contributed by atoms with van der Waals surface area (Å²) in [6, 6.07) is 9.44. The fraction of sp³-hybridized carbons (Fsp3) is 0.174. The lowest BCUT2D eigenvalue weighted by Crippen LogP contribution is -2.37. The molecule has 2 heterocycles. The van der Waals surface area contributed by atoms with Gasteiger partial charge in [-0.05, 0) is 48.9 Å². The number of alkyl halides is 3. The van der Waals surface area contributed by atoms with Crippen LogP contribution in [0.4, 0.5) is 30.5 Å². The number of halogens is 3. The minimum absolute atomic E-state index is 0.0878. The van der Waals surface area contributed by atoms with E-state index in [1.165, 1.54) is 12.1 Å². The Morgan fingerprint density at radius 2 is 2.00 bits per heavy atom. The third kappa shape index (κ3) is 5.03. The van der Waals surface area contributed by atoms with E-state index in [1.807, 2.05) is 13.0 Å². The minimum Gasteiger partial charge on any atom is -0.375 e. The highest BCUT2D eigenvalue weighted by atomic mass is 19.4. The van der Waals surface area contributed by atoms with Gasteiger partial charge in [-0.25, -0.2) is 9.98 Å². The smallest absolute Gasteiger partial charge is 0.375 e. The summed E-state index contributed by atoms with van der Waals surface area (Å²) in [7, 11) is 1.80. The first-order chi connectivity index (χ1) is 16.2. The number of carbonyl (C=O) groups is 1. The number of hydrogen-bond acceptors (Lipinski definition) is 6. The first-order valence-corrected chi connectivity index (χ1v) is 10.3. The number of aryl methyl sites for hydroxylation is 1. The monoisotopic (exact) mass is 469 g/mol. The summed E-state index contributed by atoms with van der Waals surface area (Å²) in [5, 5.41) is 12.1. The Balaban J connectivity index is 1.53. The van der Waals surface area contributed by atoms with Crippen LogP contribution in [-0.2, 0) is 6.18 Å². The van der Waals surface area contributed by atoms with Gasteiger partial charge in [0.25, 0.3) is 5.91 Å². The van der Waals surface area contributed by atoms with Crippen molar-refractivity contribution in [1.82, 2.24) is 20.2 Å². The van der Waals surface area contributed by atoms with E-state index in [4.69, 9.17) is 0 Å². The molecule has 0 aliphatic carbocycles. The minimum atomic E-state index is -4.53. The predicted octanol–water partition coefficient (Wildman–Crippen LogP) is 4.07. The second kappa shape index (κ2) is 9.30. The van der Waals surface area contributed by atoms with Gasteiger partial charge in [0.2, 0.25) is 11.9 Å². The molecule has 1 aliphatic heterocycles. The van der Waals surface area contributed by atoms with Gasteiger partial charge < -0.3 is 21.3 Å². The maximum absolute atomic E-state index is 13.0. The molecule has 34 heavy (non-hydrogen) atoms. The summed E-state index contributed by atoms with van der Waals surface area (Å²) in [5.74, 6) is 1.25. The number of benzene rings is 2. The molecular weight excluding hydrogens is 447 g/mol. The molecule has 1 aromatic heterocycles. The van der Waals surface area contributed by atoms with Crippen molar-refractivity contribution in [3.63, 3.8) is 0 Å². The topological polar surface area (TPSA) is 95.4 Å². The summed E-state index contributed by atoms with van der Waals surface area (Å²) in [6.07, 6.45) is 0.758. The molecule has 0 fully saturated rings. The van der Waals surface area contributed by atoms with E-state index in [0.717, 1.165) is 23.5 Å². The van der Waals surface area contributed by atoms with Crippen LogP contribution in [-0.4, -0.2) is 35.0 Å². The van der Waals surface area contributed by atoms with E-state index < -0.39 is 17.6 Å². The van der Waals surface area contributed by atoms with Crippen molar-refractivity contribution in [3.05, 3.63) is 83.4 Å². The molecule has 8 nitrogen and oxygen atoms in total. The Hall–Kier alpha value is -4.28. The Kier molecular flexibility index (Phi) is 6.26. The largest absolute Gasteiger partial charge is 0.416 e. The SMILES string of the molecule is CNC1=CCN=C(n2ccnc2Nc2cc(NC(=O)c3cccc(C(F)(F)F)c3)ccc2C)N1. The number of anilines is 3. The maximum atomic E-state index is 13.0. The predicted molar refractivity (Wildman–Crippen MR) is 124 cm³/mol. The molecule has 2 aromatic carbocycles. The summed E-state index contributed by atoms with van der Waals surface area (Å²) < 4.78 is 40.7. The van der Waals surface area contributed by atoms with Crippen LogP contribution in [0.5, 0.6) is 0 Å². The fourth-order valence-electron chi connectivity index (χ4n) is 3.30. The van der Waals surface area contributed by atoms with E-state index in [0.29, 0.717) is 29.8 Å². The Bertz CT molecular complexity index is 1280. The highest BCUT2D eigenvalue weighted by molar-refractivity contribution is 6.04. The number of rotatable bonds is 5. The normalized spacial score (nSPS) is 13.4. The zero-order chi connectivity index (χ0) is 24.3. The number of aromatic nitrogens is 2. The Morgan fingerprint density at radius 3 is 2.76 bits per heavy atom. The number of hydrogen-bond donors (Lipinski definition) is 4. The van der Waals surface area contributed by atoms with Gasteiger partial charge in [-0.2, -0.15) is 13.2 Å². The van der Waals surface area contributed by atoms with E-state index >= 15 is 0 Å². The van der Waals surface area contributed by atoms with E-state index in [-0.39, 0.29) is 5.56 Å². The average Bonchev–Trinajstić information content (AvgIpc) is 3.29. The van der Waals surface area contributed by atoms with Gasteiger partial charge in [0.15, 0.2) is 0 Å². The number of carbonyl (C=O) groups excluding carboxylic acids is 1. The molecule has 0 atom stereocenters. The molecule has 0 unspecified atom stereocenters. The number of aliphatic imine (C=N–C) groups is 1. The molecule has 4 N–H and O–H groups in total. The van der Waals surface area contributed by atoms with Gasteiger partial charge in [-0.15, -0.1) is 0 Å². The highest BCUT2D eigenvalue weighted by Gasteiger charge is 2.30. The molecule has 0 spiro atoms. The molecule has 1 amide bonds. The quantitative estimate of drug-likeness (QED) is 0.452. The first kappa shape index (κ1) is 22.9. The van der Waals surface area contributed by atoms with Gasteiger partial charge in [-0.3, -0.25) is 9.36 Å². The van der Waals surface area contributed by atoms with Crippen molar-refractivity contribution in [2.45, 2.75) is 13.1 Å². The number of nitrogens with zero attached hydrogens (tertiary/aromatic N) is 3. The molecule has 3 aromatic rings. The van der Waals surface area contributed by atoms with Crippen LogP contribution in [0, 0.1) is 6.92 Å². The highest BCUT2D eigenvalue weighted by Crippen LogP contribution is 2.30. The van der Waals surface area contributed by atoms with E-state index in [9.17, 15) is 18.0 Å². The van der Waals surface area contributed by atoms with E-state index in [2.05, 4.69) is 31.2 Å². The van der Waals surface area contributed by atoms with Crippen LogP contribution >= 0.6 is 0 Å². The Morgan fingerprint density at radius 1 is 1.18 bits per heavy atom. The van der Waals surface area contributed by atoms with Gasteiger partial charge in [0, 0.05) is 36.4 Å². The zero-order valence-electron chi connectivity index (χ0n) is 18.4. The number of imidazole rings is 1. The van der Waals surface area contributed by atoms with Crippen LogP contribution in [0.15, 0.2) is 71.7 Å². The lowest BCUT2D eigenvalue weighted by Gasteiger charge is -2.19. The van der Waals surface area contributed by atoms with Gasteiger partial charge >= 0.3 is 6.18 Å². The van der Waals surface area contributed by atoms with Crippen LogP contribution in [0.25, 0.3) is 0 Å². The molecule has 0 saturated carbocycles. The van der Waals surface area contributed by atoms with Crippen molar-refractivity contribution in [2.75, 3.05) is 24.2 Å². The maximum Gasteiger partial charge on any atom is 0.416 e. The van der Waals surface area contributed by atoms with Crippen molar-refractivity contribution in [2.24, 2.45) is 4.99 Å². The van der Waals surface area contributed by atoms with Gasteiger partial charge in [-0.1, -0.05) is 12.1 Å². The van der Waals surface area contributed by atoms with Crippen molar-refractivity contribution >= 4 is 29.2 Å². The molecule has 0 bridgehead atoms. The standard InChI is InChI=1S/C23H22F3N7O/c1-14-6-7-17(30-20(34)15-4-3-5-16(12-15)23(24,25)26)13-18(14)31-21-29-10-11-33(21)22-28-9-8-19(27-2)32-22/h3-8,10-13,27H,9H2,1-2H3,(H,28,32)(H,29,31)(H,30,34). The summed E-state index contributed by atoms with van der Waals surface area (Å²) in [6.45, 7) is 2.39. The van der Waals surface area contributed by atoms with Gasteiger partial charge in [0.1, 0.15) is 5.82 Å². The summed E-state index contributed by atoms with van der Waals surface area (Å²) in [4.78, 5) is 21.4. The van der Waals surface area contributed by atoms with Gasteiger partial charge in [0.05, 0.1) is 12.1 Å². The average molecular weight is 469 g/mol. The second-order valence-electron chi connectivity index (χ2n) is 7.47. The van der Waals surface area contributed by atoms with Crippen molar-refractivity contribution in [3.8, 4) is 0 Å². The number of amides is 1. The summed E-state index contributed by atoms with van der Waals surface area (Å²) in [5.41, 5.74) is 0.988. The van der Waals surface area contributed by atoms with Crippen LogP contribution < -0.4 is 21.3 Å². The molecule has 11 heteroatoms. The summed E-state index contributed by atoms with van der Waals surface area (Å²) >= 11 is 0. The van der Waals surface area contributed by atoms with Crippen LogP contribution in [0.1, 0.15) is 21.5 Å². The number of nitrogens with one attached hydrogen (secondary N) is 4. The Labute approximate surface area is 193 Å². The van der Waals surface area contributed by atoms with Crippen molar-refractivity contribution in [1.29, 1.82) is 0 Å². The lowest BCUT2D eigenvalue weighted by atomic mass is 10.1. The third-order valence-corrected chi connectivity index (χ3v) is 5.12. The van der Waals surface area contributed by atoms with Crippen LogP contribution in [0.2, 0.25) is 0 Å². The fourth-order valence-corrected chi connectivity index (χ4v) is 3.30. The molecule has 0 radical (unpaired) electrons. The molecular formula is C23H22F3N7O. The zero-order valence-corrected chi connectivity index (χ0v) is 18.4.